The molecular weight excluding hydrogens is 160 g/mol. The van der Waals surface area contributed by atoms with Crippen molar-refractivity contribution in [2.75, 3.05) is 0 Å². The summed E-state index contributed by atoms with van der Waals surface area (Å²) in [6.07, 6.45) is -1.39. The first-order chi connectivity index (χ1) is 5.49. The molecule has 0 saturated carbocycles. The fraction of sp³-hybridized carbons (Fsp3) is 1.00. The van der Waals surface area contributed by atoms with Crippen LogP contribution in [0.25, 0.3) is 0 Å². The summed E-state index contributed by atoms with van der Waals surface area (Å²) in [5.41, 5.74) is 0. The van der Waals surface area contributed by atoms with Crippen LogP contribution in [0.2, 0.25) is 0 Å². The number of hydrogen-bond donors (Lipinski definition) is 1. The molecule has 12 heavy (non-hydrogen) atoms. The molecule has 4 atom stereocenters. The summed E-state index contributed by atoms with van der Waals surface area (Å²) >= 11 is 0. The van der Waals surface area contributed by atoms with Crippen LogP contribution >= 0.6 is 0 Å². The molecule has 4 nitrogen and oxygen atoms in total. The van der Waals surface area contributed by atoms with E-state index in [0.717, 1.165) is 0 Å². The molecule has 0 spiro atoms. The summed E-state index contributed by atoms with van der Waals surface area (Å²) in [5.74, 6) is -0.589. The molecule has 0 amide bonds. The molecule has 0 aliphatic carbocycles. The molecule has 1 N–H and O–H groups in total. The molecule has 0 aromatic rings. The van der Waals surface area contributed by atoms with Crippen LogP contribution in [-0.2, 0) is 14.2 Å². The van der Waals surface area contributed by atoms with Gasteiger partial charge >= 0.3 is 0 Å². The van der Waals surface area contributed by atoms with E-state index < -0.39 is 12.1 Å². The van der Waals surface area contributed by atoms with Crippen molar-refractivity contribution in [2.24, 2.45) is 0 Å². The third-order valence-corrected chi connectivity index (χ3v) is 2.26. The highest BCUT2D eigenvalue weighted by atomic mass is 16.8. The van der Waals surface area contributed by atoms with Crippen LogP contribution in [0, 0.1) is 0 Å². The van der Waals surface area contributed by atoms with Crippen LogP contribution in [0.3, 0.4) is 0 Å². The quantitative estimate of drug-likeness (QED) is 0.571. The van der Waals surface area contributed by atoms with Gasteiger partial charge in [-0.1, -0.05) is 0 Å². The molecule has 70 valence electrons. The molecule has 2 fully saturated rings. The predicted octanol–water partition coefficient (Wildman–Crippen LogP) is 0.244. The SMILES string of the molecule is CC1OC(O)[C@@H]2OC(C)(C)O[C@H]12. The zero-order valence-corrected chi connectivity index (χ0v) is 7.48. The maximum Gasteiger partial charge on any atom is 0.184 e. The second-order valence-electron chi connectivity index (χ2n) is 3.80. The Bertz CT molecular complexity index is 173. The highest BCUT2D eigenvalue weighted by Gasteiger charge is 2.53. The molecule has 0 radical (unpaired) electrons. The number of hydrogen-bond acceptors (Lipinski definition) is 4. The molecule has 2 rings (SSSR count). The van der Waals surface area contributed by atoms with Gasteiger partial charge in [0.25, 0.3) is 0 Å². The van der Waals surface area contributed by atoms with Crippen molar-refractivity contribution in [2.45, 2.75) is 51.2 Å². The first-order valence-electron chi connectivity index (χ1n) is 4.19. The third-order valence-electron chi connectivity index (χ3n) is 2.26. The maximum absolute atomic E-state index is 9.37. The Balaban J connectivity index is 2.15. The van der Waals surface area contributed by atoms with Crippen LogP contribution < -0.4 is 0 Å². The highest BCUT2D eigenvalue weighted by molar-refractivity contribution is 4.92. The fourth-order valence-electron chi connectivity index (χ4n) is 1.78. The molecule has 2 aliphatic heterocycles. The van der Waals surface area contributed by atoms with Crippen LogP contribution in [0.5, 0.6) is 0 Å². The summed E-state index contributed by atoms with van der Waals surface area (Å²) < 4.78 is 16.1. The van der Waals surface area contributed by atoms with Gasteiger partial charge in [0.05, 0.1) is 6.10 Å². The Labute approximate surface area is 71.4 Å². The second-order valence-corrected chi connectivity index (χ2v) is 3.80. The topological polar surface area (TPSA) is 47.9 Å². The molecule has 2 saturated heterocycles. The van der Waals surface area contributed by atoms with Crippen molar-refractivity contribution in [1.82, 2.24) is 0 Å². The zero-order chi connectivity index (χ0) is 8.93. The molecular formula is C8H14O4. The van der Waals surface area contributed by atoms with E-state index in [9.17, 15) is 5.11 Å². The summed E-state index contributed by atoms with van der Waals surface area (Å²) in [6, 6.07) is 0. The van der Waals surface area contributed by atoms with Gasteiger partial charge in [-0.2, -0.15) is 0 Å². The zero-order valence-electron chi connectivity index (χ0n) is 7.48. The maximum atomic E-state index is 9.37. The summed E-state index contributed by atoms with van der Waals surface area (Å²) in [5, 5.41) is 9.37. The Morgan fingerprint density at radius 1 is 1.17 bits per heavy atom. The number of aliphatic hydroxyl groups excluding tert-OH is 1. The van der Waals surface area contributed by atoms with E-state index in [0.29, 0.717) is 0 Å². The number of ether oxygens (including phenoxy) is 3. The van der Waals surface area contributed by atoms with E-state index in [1.54, 1.807) is 0 Å². The Morgan fingerprint density at radius 2 is 1.75 bits per heavy atom. The Kier molecular flexibility index (Phi) is 1.70. The normalized spacial score (nSPS) is 51.0. The van der Waals surface area contributed by atoms with Gasteiger partial charge in [0, 0.05) is 0 Å². The smallest absolute Gasteiger partial charge is 0.184 e. The van der Waals surface area contributed by atoms with Crippen molar-refractivity contribution < 1.29 is 19.3 Å². The molecule has 0 aromatic carbocycles. The lowest BCUT2D eigenvalue weighted by molar-refractivity contribution is -0.217. The average molecular weight is 174 g/mol. The van der Waals surface area contributed by atoms with E-state index in [4.69, 9.17) is 14.2 Å². The number of rotatable bonds is 0. The van der Waals surface area contributed by atoms with Gasteiger partial charge in [-0.15, -0.1) is 0 Å². The summed E-state index contributed by atoms with van der Waals surface area (Å²) in [6.45, 7) is 5.55. The lowest BCUT2D eigenvalue weighted by Crippen LogP contribution is -2.29. The highest BCUT2D eigenvalue weighted by Crippen LogP contribution is 2.37. The molecule has 2 aliphatic rings. The van der Waals surface area contributed by atoms with Gasteiger partial charge in [0.15, 0.2) is 12.1 Å². The van der Waals surface area contributed by atoms with Gasteiger partial charge in [0.2, 0.25) is 0 Å². The fourth-order valence-corrected chi connectivity index (χ4v) is 1.78. The first-order valence-corrected chi connectivity index (χ1v) is 4.19. The van der Waals surface area contributed by atoms with E-state index in [1.807, 2.05) is 20.8 Å². The standard InChI is InChI=1S/C8H14O4/c1-4-5-6(7(9)10-4)12-8(2,3)11-5/h4-7,9H,1-3H3/t4?,5-,6-,7?/m1/s1. The lowest BCUT2D eigenvalue weighted by atomic mass is 10.2. The Hall–Kier alpha value is -0.160. The van der Waals surface area contributed by atoms with E-state index in [2.05, 4.69) is 0 Å². The third kappa shape index (κ3) is 1.15. The first kappa shape index (κ1) is 8.44. The van der Waals surface area contributed by atoms with Gasteiger partial charge in [-0.05, 0) is 20.8 Å². The van der Waals surface area contributed by atoms with Gasteiger partial charge in [-0.25, -0.2) is 0 Å². The predicted molar refractivity (Wildman–Crippen MR) is 40.4 cm³/mol. The van der Waals surface area contributed by atoms with Crippen molar-refractivity contribution in [3.8, 4) is 0 Å². The van der Waals surface area contributed by atoms with Crippen molar-refractivity contribution in [3.05, 3.63) is 0 Å². The van der Waals surface area contributed by atoms with Crippen molar-refractivity contribution in [1.29, 1.82) is 0 Å². The molecule has 0 bridgehead atoms. The van der Waals surface area contributed by atoms with E-state index in [1.165, 1.54) is 0 Å². The van der Waals surface area contributed by atoms with Gasteiger partial charge < -0.3 is 19.3 Å². The minimum absolute atomic E-state index is 0.0909. The van der Waals surface area contributed by atoms with Crippen LogP contribution in [0.1, 0.15) is 20.8 Å². The molecule has 4 heteroatoms. The molecule has 0 aromatic heterocycles. The second kappa shape index (κ2) is 2.42. The Morgan fingerprint density at radius 3 is 2.33 bits per heavy atom. The lowest BCUT2D eigenvalue weighted by Gasteiger charge is -2.20. The minimum atomic E-state index is -0.841. The molecule has 2 unspecified atom stereocenters. The van der Waals surface area contributed by atoms with E-state index in [-0.39, 0.29) is 18.3 Å². The van der Waals surface area contributed by atoms with Crippen molar-refractivity contribution >= 4 is 0 Å². The largest absolute Gasteiger partial charge is 0.366 e. The van der Waals surface area contributed by atoms with Crippen LogP contribution in [-0.4, -0.2) is 35.5 Å². The van der Waals surface area contributed by atoms with Gasteiger partial charge in [0.1, 0.15) is 12.2 Å². The number of aliphatic hydroxyl groups is 1. The summed E-state index contributed by atoms with van der Waals surface area (Å²) in [4.78, 5) is 0. The van der Waals surface area contributed by atoms with Crippen LogP contribution in [0.15, 0.2) is 0 Å². The summed E-state index contributed by atoms with van der Waals surface area (Å²) in [7, 11) is 0. The van der Waals surface area contributed by atoms with Crippen LogP contribution in [0.4, 0.5) is 0 Å². The van der Waals surface area contributed by atoms with Crippen molar-refractivity contribution in [3.63, 3.8) is 0 Å². The van der Waals surface area contributed by atoms with E-state index >= 15 is 0 Å². The van der Waals surface area contributed by atoms with Gasteiger partial charge in [-0.3, -0.25) is 0 Å². The number of fused-ring (bicyclic) bond motifs is 1. The monoisotopic (exact) mass is 174 g/mol. The minimum Gasteiger partial charge on any atom is -0.366 e. The average Bonchev–Trinajstić information content (AvgIpc) is 2.34. The molecule has 2 heterocycles.